The van der Waals surface area contributed by atoms with Crippen molar-refractivity contribution in [2.75, 3.05) is 13.1 Å². The van der Waals surface area contributed by atoms with Crippen molar-refractivity contribution >= 4 is 28.4 Å². The number of rotatable bonds is 4. The molecule has 34 heavy (non-hydrogen) atoms. The summed E-state index contributed by atoms with van der Waals surface area (Å²) in [5.74, 6) is -0.606. The van der Waals surface area contributed by atoms with Crippen molar-refractivity contribution in [1.29, 1.82) is 0 Å². The van der Waals surface area contributed by atoms with Crippen molar-refractivity contribution in [1.82, 2.24) is 29.6 Å². The molecule has 1 aromatic carbocycles. The van der Waals surface area contributed by atoms with Crippen molar-refractivity contribution in [2.24, 2.45) is 0 Å². The molecule has 1 fully saturated rings. The lowest BCUT2D eigenvalue weighted by Gasteiger charge is -2.43. The van der Waals surface area contributed by atoms with E-state index in [1.807, 2.05) is 0 Å². The SMILES string of the molecule is CCNC(=O)n1ncc2c(F)c(Oc3ccnn4cc(C(=O)N5C[C@@H](O)[C@H]5C)c(C)c34)ccc21. The first-order chi connectivity index (χ1) is 16.3. The van der Waals surface area contributed by atoms with Crippen molar-refractivity contribution in [3.05, 3.63) is 53.7 Å². The lowest BCUT2D eigenvalue weighted by molar-refractivity contribution is -0.0357. The van der Waals surface area contributed by atoms with Gasteiger partial charge in [0.15, 0.2) is 17.3 Å². The number of aromatic nitrogens is 4. The first kappa shape index (κ1) is 21.8. The van der Waals surface area contributed by atoms with E-state index in [0.717, 1.165) is 4.68 Å². The molecule has 0 aliphatic carbocycles. The Labute approximate surface area is 193 Å². The largest absolute Gasteiger partial charge is 0.452 e. The molecule has 10 nitrogen and oxygen atoms in total. The Kier molecular flexibility index (Phi) is 5.20. The van der Waals surface area contributed by atoms with Gasteiger partial charge in [-0.15, -0.1) is 0 Å². The predicted octanol–water partition coefficient (Wildman–Crippen LogP) is 2.71. The maximum absolute atomic E-state index is 15.3. The highest BCUT2D eigenvalue weighted by Crippen LogP contribution is 2.34. The van der Waals surface area contributed by atoms with E-state index in [9.17, 15) is 14.7 Å². The van der Waals surface area contributed by atoms with Crippen molar-refractivity contribution in [3.8, 4) is 11.5 Å². The molecule has 176 valence electrons. The maximum atomic E-state index is 15.3. The number of nitrogens with one attached hydrogen (secondary N) is 1. The van der Waals surface area contributed by atoms with Gasteiger partial charge in [0.25, 0.3) is 5.91 Å². The topological polar surface area (TPSA) is 114 Å². The Morgan fingerprint density at radius 3 is 2.76 bits per heavy atom. The Morgan fingerprint density at radius 2 is 2.06 bits per heavy atom. The third-order valence-corrected chi connectivity index (χ3v) is 6.21. The molecule has 4 aromatic rings. The summed E-state index contributed by atoms with van der Waals surface area (Å²) in [4.78, 5) is 26.7. The summed E-state index contributed by atoms with van der Waals surface area (Å²) in [5, 5.41) is 20.8. The number of amides is 2. The minimum absolute atomic E-state index is 0.0518. The minimum Gasteiger partial charge on any atom is -0.452 e. The molecule has 0 radical (unpaired) electrons. The second-order valence-corrected chi connectivity index (χ2v) is 8.23. The second kappa shape index (κ2) is 8.10. The second-order valence-electron chi connectivity index (χ2n) is 8.23. The Hall–Kier alpha value is -3.99. The molecule has 2 N–H and O–H groups in total. The fourth-order valence-corrected chi connectivity index (χ4v) is 4.17. The highest BCUT2D eigenvalue weighted by atomic mass is 19.1. The molecule has 4 heterocycles. The number of carbonyl (C=O) groups excluding carboxylic acids is 2. The van der Waals surface area contributed by atoms with Crippen LogP contribution >= 0.6 is 0 Å². The van der Waals surface area contributed by atoms with E-state index in [4.69, 9.17) is 4.74 Å². The van der Waals surface area contributed by atoms with Gasteiger partial charge >= 0.3 is 6.03 Å². The average Bonchev–Trinajstić information content (AvgIpc) is 3.41. The molecular formula is C23H23FN6O4. The van der Waals surface area contributed by atoms with Gasteiger partial charge in [-0.05, 0) is 38.5 Å². The van der Waals surface area contributed by atoms with Crippen LogP contribution in [-0.4, -0.2) is 66.6 Å². The van der Waals surface area contributed by atoms with Crippen LogP contribution in [0.2, 0.25) is 0 Å². The number of hydrogen-bond donors (Lipinski definition) is 2. The van der Waals surface area contributed by atoms with Gasteiger partial charge in [-0.25, -0.2) is 13.7 Å². The number of hydrogen-bond acceptors (Lipinski definition) is 6. The lowest BCUT2D eigenvalue weighted by Crippen LogP contribution is -2.60. The third kappa shape index (κ3) is 3.27. The number of aryl methyl sites for hydroxylation is 1. The first-order valence-electron chi connectivity index (χ1n) is 10.9. The first-order valence-corrected chi connectivity index (χ1v) is 10.9. The number of fused-ring (bicyclic) bond motifs is 2. The van der Waals surface area contributed by atoms with Crippen LogP contribution < -0.4 is 10.1 Å². The van der Waals surface area contributed by atoms with E-state index >= 15 is 4.39 Å². The van der Waals surface area contributed by atoms with Crippen molar-refractivity contribution < 1.29 is 23.8 Å². The van der Waals surface area contributed by atoms with E-state index in [1.165, 1.54) is 23.0 Å². The van der Waals surface area contributed by atoms with Crippen LogP contribution in [0.25, 0.3) is 16.4 Å². The maximum Gasteiger partial charge on any atom is 0.342 e. The molecular weight excluding hydrogens is 443 g/mol. The fraction of sp³-hybridized carbons (Fsp3) is 0.304. The smallest absolute Gasteiger partial charge is 0.342 e. The summed E-state index contributed by atoms with van der Waals surface area (Å²) < 4.78 is 23.8. The number of halogens is 1. The number of carbonyl (C=O) groups is 2. The van der Waals surface area contributed by atoms with Crippen LogP contribution in [-0.2, 0) is 0 Å². The highest BCUT2D eigenvalue weighted by Gasteiger charge is 2.38. The summed E-state index contributed by atoms with van der Waals surface area (Å²) >= 11 is 0. The van der Waals surface area contributed by atoms with E-state index in [2.05, 4.69) is 15.5 Å². The number of benzene rings is 1. The molecule has 0 bridgehead atoms. The van der Waals surface area contributed by atoms with Crippen LogP contribution in [0.1, 0.15) is 29.8 Å². The Morgan fingerprint density at radius 1 is 1.26 bits per heavy atom. The van der Waals surface area contributed by atoms with Crippen LogP contribution in [0.15, 0.2) is 36.8 Å². The minimum atomic E-state index is -0.660. The number of ether oxygens (including phenoxy) is 1. The van der Waals surface area contributed by atoms with Crippen LogP contribution in [0.5, 0.6) is 11.5 Å². The van der Waals surface area contributed by atoms with Gasteiger partial charge in [-0.2, -0.15) is 14.9 Å². The molecule has 3 aromatic heterocycles. The molecule has 2 amide bonds. The molecule has 1 aliphatic rings. The summed E-state index contributed by atoms with van der Waals surface area (Å²) in [7, 11) is 0. The molecule has 2 atom stereocenters. The van der Waals surface area contributed by atoms with Gasteiger partial charge in [0.2, 0.25) is 0 Å². The van der Waals surface area contributed by atoms with Crippen LogP contribution in [0, 0.1) is 12.7 Å². The normalized spacial score (nSPS) is 17.7. The molecule has 1 aliphatic heterocycles. The van der Waals surface area contributed by atoms with E-state index in [0.29, 0.717) is 34.5 Å². The Balaban J connectivity index is 1.51. The molecule has 11 heteroatoms. The third-order valence-electron chi connectivity index (χ3n) is 6.21. The molecule has 0 spiro atoms. The fourth-order valence-electron chi connectivity index (χ4n) is 4.17. The van der Waals surface area contributed by atoms with Gasteiger partial charge < -0.3 is 20.1 Å². The quantitative estimate of drug-likeness (QED) is 0.478. The number of aliphatic hydroxyl groups is 1. The molecule has 0 unspecified atom stereocenters. The van der Waals surface area contributed by atoms with E-state index in [-0.39, 0.29) is 29.6 Å². The molecule has 1 saturated heterocycles. The standard InChI is InChI=1S/C23H23FN6O4/c1-4-25-23(33)30-16-5-6-18(20(24)14(16)9-27-30)34-19-7-8-26-29-10-15(12(2)21(19)29)22(32)28-11-17(31)13(28)3/h5-10,13,17,31H,4,11H2,1-3H3,(H,25,33)/t13-,17-/m1/s1. The lowest BCUT2D eigenvalue weighted by atomic mass is 9.99. The zero-order valence-corrected chi connectivity index (χ0v) is 18.8. The molecule has 5 rings (SSSR count). The summed E-state index contributed by atoms with van der Waals surface area (Å²) in [6.45, 7) is 6.03. The number of aliphatic hydroxyl groups excluding tert-OH is 1. The number of likely N-dealkylation sites (tertiary alicyclic amines) is 1. The zero-order chi connectivity index (χ0) is 24.1. The van der Waals surface area contributed by atoms with Gasteiger partial charge in [-0.3, -0.25) is 4.79 Å². The average molecular weight is 466 g/mol. The van der Waals surface area contributed by atoms with Crippen LogP contribution in [0.4, 0.5) is 9.18 Å². The van der Waals surface area contributed by atoms with Gasteiger partial charge in [-0.1, -0.05) is 0 Å². The highest BCUT2D eigenvalue weighted by molar-refractivity contribution is 5.99. The summed E-state index contributed by atoms with van der Waals surface area (Å²) in [6.07, 6.45) is 3.84. The van der Waals surface area contributed by atoms with E-state index in [1.54, 1.807) is 44.0 Å². The summed E-state index contributed by atoms with van der Waals surface area (Å²) in [5.41, 5.74) is 1.90. The van der Waals surface area contributed by atoms with Crippen molar-refractivity contribution in [3.63, 3.8) is 0 Å². The van der Waals surface area contributed by atoms with Crippen LogP contribution in [0.3, 0.4) is 0 Å². The number of β-amino-alcohol motifs (C(OH)–C–C–N with tert-alkyl or cyclic N) is 1. The number of nitrogens with zero attached hydrogens (tertiary/aromatic N) is 5. The van der Waals surface area contributed by atoms with Gasteiger partial charge in [0, 0.05) is 25.4 Å². The summed E-state index contributed by atoms with van der Waals surface area (Å²) in [6, 6.07) is 3.87. The predicted molar refractivity (Wildman–Crippen MR) is 121 cm³/mol. The van der Waals surface area contributed by atoms with Gasteiger partial charge in [0.05, 0.1) is 41.0 Å². The molecule has 0 saturated carbocycles. The van der Waals surface area contributed by atoms with Gasteiger partial charge in [0.1, 0.15) is 5.52 Å². The van der Waals surface area contributed by atoms with E-state index < -0.39 is 18.0 Å². The van der Waals surface area contributed by atoms with Crippen molar-refractivity contribution in [2.45, 2.75) is 32.9 Å². The Bertz CT molecular complexity index is 1440. The monoisotopic (exact) mass is 466 g/mol. The zero-order valence-electron chi connectivity index (χ0n) is 18.8.